The average Bonchev–Trinajstić information content (AvgIpc) is 2.40. The van der Waals surface area contributed by atoms with E-state index in [0.717, 1.165) is 25.2 Å². The van der Waals surface area contributed by atoms with Gasteiger partial charge < -0.3 is 10.0 Å². The lowest BCUT2D eigenvalue weighted by Crippen LogP contribution is -2.56. The molecule has 19 heavy (non-hydrogen) atoms. The molecule has 2 heterocycles. The molecule has 2 heteroatoms. The summed E-state index contributed by atoms with van der Waals surface area (Å²) in [6.07, 6.45) is 15.5. The molecule has 0 aromatic heterocycles. The highest BCUT2D eigenvalue weighted by molar-refractivity contribution is 4.98. The Morgan fingerprint density at radius 1 is 0.947 bits per heavy atom. The standard InChI is InChI=1S/C17H31NO/c1-18-15-8-5-9-16(18)13-17(19,12-15)11-10-14-6-3-2-4-7-14/h14-16,19H,2-13H2,1H3. The molecule has 3 fully saturated rings. The van der Waals surface area contributed by atoms with Crippen molar-refractivity contribution in [2.24, 2.45) is 5.92 Å². The number of hydrogen-bond acceptors (Lipinski definition) is 2. The van der Waals surface area contributed by atoms with Gasteiger partial charge in [-0.1, -0.05) is 38.5 Å². The zero-order valence-corrected chi connectivity index (χ0v) is 12.6. The third kappa shape index (κ3) is 3.16. The number of nitrogens with zero attached hydrogens (tertiary/aromatic N) is 1. The van der Waals surface area contributed by atoms with Crippen LogP contribution >= 0.6 is 0 Å². The summed E-state index contributed by atoms with van der Waals surface area (Å²) in [6, 6.07) is 1.31. The Morgan fingerprint density at radius 3 is 2.21 bits per heavy atom. The van der Waals surface area contributed by atoms with Gasteiger partial charge in [0.05, 0.1) is 5.60 Å². The molecule has 1 saturated carbocycles. The van der Waals surface area contributed by atoms with Crippen LogP contribution in [0.3, 0.4) is 0 Å². The monoisotopic (exact) mass is 265 g/mol. The second-order valence-corrected chi connectivity index (χ2v) is 7.58. The number of piperidine rings is 2. The zero-order valence-electron chi connectivity index (χ0n) is 12.6. The normalized spacial score (nSPS) is 41.4. The van der Waals surface area contributed by atoms with E-state index in [-0.39, 0.29) is 5.60 Å². The summed E-state index contributed by atoms with van der Waals surface area (Å²) < 4.78 is 0. The van der Waals surface area contributed by atoms with Crippen molar-refractivity contribution in [2.45, 2.75) is 94.7 Å². The first-order valence-corrected chi connectivity index (χ1v) is 8.61. The van der Waals surface area contributed by atoms with Crippen molar-refractivity contribution < 1.29 is 5.11 Å². The van der Waals surface area contributed by atoms with Gasteiger partial charge in [-0.2, -0.15) is 0 Å². The first-order valence-electron chi connectivity index (χ1n) is 8.61. The number of aliphatic hydroxyl groups is 1. The third-order valence-electron chi connectivity index (χ3n) is 6.20. The van der Waals surface area contributed by atoms with E-state index >= 15 is 0 Å². The van der Waals surface area contributed by atoms with Gasteiger partial charge in [0.1, 0.15) is 0 Å². The third-order valence-corrected chi connectivity index (χ3v) is 6.20. The van der Waals surface area contributed by atoms with Crippen molar-refractivity contribution in [3.63, 3.8) is 0 Å². The molecule has 2 nitrogen and oxygen atoms in total. The Bertz CT molecular complexity index is 284. The summed E-state index contributed by atoms with van der Waals surface area (Å²) in [5, 5.41) is 11.0. The van der Waals surface area contributed by atoms with Crippen molar-refractivity contribution in [2.75, 3.05) is 7.05 Å². The van der Waals surface area contributed by atoms with Crippen LogP contribution in [0.1, 0.15) is 77.0 Å². The van der Waals surface area contributed by atoms with Crippen LogP contribution in [0.5, 0.6) is 0 Å². The lowest BCUT2D eigenvalue weighted by Gasteiger charge is -2.51. The lowest BCUT2D eigenvalue weighted by molar-refractivity contribution is -0.0898. The molecule has 0 aromatic rings. The Balaban J connectivity index is 1.54. The van der Waals surface area contributed by atoms with Crippen LogP contribution in [-0.4, -0.2) is 34.7 Å². The summed E-state index contributed by atoms with van der Waals surface area (Å²) >= 11 is 0. The molecule has 3 rings (SSSR count). The molecule has 3 aliphatic rings. The molecule has 0 amide bonds. The van der Waals surface area contributed by atoms with Gasteiger partial charge in [0.25, 0.3) is 0 Å². The van der Waals surface area contributed by atoms with Crippen LogP contribution in [0.15, 0.2) is 0 Å². The van der Waals surface area contributed by atoms with E-state index < -0.39 is 0 Å². The second-order valence-electron chi connectivity index (χ2n) is 7.58. The molecule has 2 aliphatic heterocycles. The largest absolute Gasteiger partial charge is 0.390 e. The molecular weight excluding hydrogens is 234 g/mol. The highest BCUT2D eigenvalue weighted by atomic mass is 16.3. The van der Waals surface area contributed by atoms with Gasteiger partial charge in [-0.25, -0.2) is 0 Å². The molecule has 0 spiro atoms. The molecule has 2 saturated heterocycles. The minimum atomic E-state index is -0.334. The van der Waals surface area contributed by atoms with Crippen molar-refractivity contribution in [1.82, 2.24) is 4.90 Å². The van der Waals surface area contributed by atoms with Crippen molar-refractivity contribution in [3.05, 3.63) is 0 Å². The van der Waals surface area contributed by atoms with Gasteiger partial charge in [-0.05, 0) is 51.5 Å². The molecule has 0 aromatic carbocycles. The molecule has 2 unspecified atom stereocenters. The Labute approximate surface area is 118 Å². The molecule has 1 N–H and O–H groups in total. The zero-order chi connectivity index (χ0) is 13.3. The summed E-state index contributed by atoms with van der Waals surface area (Å²) in [5.74, 6) is 0.914. The summed E-state index contributed by atoms with van der Waals surface area (Å²) in [4.78, 5) is 2.55. The predicted octanol–water partition coefficient (Wildman–Crippen LogP) is 3.72. The topological polar surface area (TPSA) is 23.5 Å². The highest BCUT2D eigenvalue weighted by Crippen LogP contribution is 2.41. The summed E-state index contributed by atoms with van der Waals surface area (Å²) in [7, 11) is 2.27. The van der Waals surface area contributed by atoms with E-state index in [1.54, 1.807) is 0 Å². The van der Waals surface area contributed by atoms with E-state index in [0.29, 0.717) is 12.1 Å². The van der Waals surface area contributed by atoms with Crippen LogP contribution in [-0.2, 0) is 0 Å². The van der Waals surface area contributed by atoms with Crippen molar-refractivity contribution in [3.8, 4) is 0 Å². The Kier molecular flexibility index (Phi) is 4.19. The van der Waals surface area contributed by atoms with Gasteiger partial charge in [-0.15, -0.1) is 0 Å². The van der Waals surface area contributed by atoms with Crippen molar-refractivity contribution >= 4 is 0 Å². The molecule has 1 aliphatic carbocycles. The van der Waals surface area contributed by atoms with Crippen LogP contribution < -0.4 is 0 Å². The fourth-order valence-electron chi connectivity index (χ4n) is 4.90. The van der Waals surface area contributed by atoms with E-state index in [2.05, 4.69) is 11.9 Å². The van der Waals surface area contributed by atoms with Crippen LogP contribution in [0.25, 0.3) is 0 Å². The minimum Gasteiger partial charge on any atom is -0.390 e. The first kappa shape index (κ1) is 13.9. The Hall–Kier alpha value is -0.0800. The van der Waals surface area contributed by atoms with E-state index in [1.807, 2.05) is 0 Å². The number of rotatable bonds is 3. The number of fused-ring (bicyclic) bond motifs is 2. The SMILES string of the molecule is CN1C2CCCC1CC(O)(CCC1CCCCC1)C2. The average molecular weight is 265 g/mol. The maximum absolute atomic E-state index is 11.0. The molecule has 2 atom stereocenters. The quantitative estimate of drug-likeness (QED) is 0.840. The number of hydrogen-bond donors (Lipinski definition) is 1. The highest BCUT2D eigenvalue weighted by Gasteiger charge is 2.43. The van der Waals surface area contributed by atoms with Crippen LogP contribution in [0.2, 0.25) is 0 Å². The van der Waals surface area contributed by atoms with E-state index in [1.165, 1.54) is 57.8 Å². The van der Waals surface area contributed by atoms with E-state index in [9.17, 15) is 5.11 Å². The van der Waals surface area contributed by atoms with Gasteiger partial charge in [0, 0.05) is 12.1 Å². The maximum Gasteiger partial charge on any atom is 0.0677 e. The van der Waals surface area contributed by atoms with Crippen LogP contribution in [0, 0.1) is 5.92 Å². The maximum atomic E-state index is 11.0. The summed E-state index contributed by atoms with van der Waals surface area (Å²) in [5.41, 5.74) is -0.334. The second kappa shape index (κ2) is 5.73. The van der Waals surface area contributed by atoms with Gasteiger partial charge >= 0.3 is 0 Å². The molecular formula is C17H31NO. The first-order chi connectivity index (χ1) is 9.16. The van der Waals surface area contributed by atoms with Crippen molar-refractivity contribution in [1.29, 1.82) is 0 Å². The van der Waals surface area contributed by atoms with Gasteiger partial charge in [0.15, 0.2) is 0 Å². The van der Waals surface area contributed by atoms with E-state index in [4.69, 9.17) is 0 Å². The van der Waals surface area contributed by atoms with Crippen LogP contribution in [0.4, 0.5) is 0 Å². The fraction of sp³-hybridized carbons (Fsp3) is 1.00. The Morgan fingerprint density at radius 2 is 1.58 bits per heavy atom. The predicted molar refractivity (Wildman–Crippen MR) is 79.2 cm³/mol. The molecule has 2 bridgehead atoms. The summed E-state index contributed by atoms with van der Waals surface area (Å²) in [6.45, 7) is 0. The smallest absolute Gasteiger partial charge is 0.0677 e. The minimum absolute atomic E-state index is 0.334. The van der Waals surface area contributed by atoms with Gasteiger partial charge in [0.2, 0.25) is 0 Å². The van der Waals surface area contributed by atoms with Gasteiger partial charge in [-0.3, -0.25) is 0 Å². The lowest BCUT2D eigenvalue weighted by atomic mass is 9.72. The fourth-order valence-corrected chi connectivity index (χ4v) is 4.90. The molecule has 110 valence electrons. The molecule has 0 radical (unpaired) electrons.